The molecule has 0 saturated carbocycles. The Hall–Kier alpha value is -1.00. The lowest BCUT2D eigenvalue weighted by Crippen LogP contribution is -2.32. The molecule has 0 bridgehead atoms. The summed E-state index contributed by atoms with van der Waals surface area (Å²) in [6, 6.07) is 10.4. The number of benzene rings is 1. The predicted molar refractivity (Wildman–Crippen MR) is 78.3 cm³/mol. The fraction of sp³-hybridized carbons (Fsp3) is 0.533. The summed E-state index contributed by atoms with van der Waals surface area (Å²) < 4.78 is 5.18. The number of carbonyl (C=O) groups is 1. The highest BCUT2D eigenvalue weighted by Gasteiger charge is 2.25. The number of thioether (sulfide) groups is 1. The van der Waals surface area contributed by atoms with Gasteiger partial charge >= 0.3 is 0 Å². The van der Waals surface area contributed by atoms with E-state index in [-0.39, 0.29) is 12.5 Å². The maximum Gasteiger partial charge on any atom is 0.248 e. The first kappa shape index (κ1) is 14.4. The number of carbonyl (C=O) groups excluding carboxylic acids is 1. The quantitative estimate of drug-likeness (QED) is 0.750. The van der Waals surface area contributed by atoms with Crippen molar-refractivity contribution in [3.8, 4) is 0 Å². The molecule has 0 aromatic heterocycles. The molecule has 0 N–H and O–H groups in total. The molecular weight excluding hydrogens is 258 g/mol. The van der Waals surface area contributed by atoms with Crippen LogP contribution in [0.5, 0.6) is 0 Å². The van der Waals surface area contributed by atoms with Gasteiger partial charge in [0.1, 0.15) is 6.61 Å². The number of rotatable bonds is 6. The minimum Gasteiger partial charge on any atom is -0.372 e. The van der Waals surface area contributed by atoms with Gasteiger partial charge in [-0.1, -0.05) is 18.2 Å². The summed E-state index contributed by atoms with van der Waals surface area (Å²) in [5, 5.41) is 0. The van der Waals surface area contributed by atoms with Crippen LogP contribution in [0.25, 0.3) is 0 Å². The van der Waals surface area contributed by atoms with Crippen molar-refractivity contribution in [1.82, 2.24) is 4.90 Å². The van der Waals surface area contributed by atoms with Crippen molar-refractivity contribution < 1.29 is 9.53 Å². The minimum absolute atomic E-state index is 0.133. The second-order valence-electron chi connectivity index (χ2n) is 4.76. The highest BCUT2D eigenvalue weighted by Crippen LogP contribution is 2.25. The van der Waals surface area contributed by atoms with Crippen LogP contribution in [-0.4, -0.2) is 42.9 Å². The highest BCUT2D eigenvalue weighted by molar-refractivity contribution is 7.99. The SMILES string of the molecule is CCOCC(=O)N1CC[C@@H](CSc2ccccc2)C1. The molecule has 2 rings (SSSR count). The van der Waals surface area contributed by atoms with Crippen LogP contribution in [0, 0.1) is 5.92 Å². The minimum atomic E-state index is 0.133. The second-order valence-corrected chi connectivity index (χ2v) is 5.85. The molecule has 0 aliphatic carbocycles. The summed E-state index contributed by atoms with van der Waals surface area (Å²) in [6.07, 6.45) is 1.11. The van der Waals surface area contributed by atoms with Crippen LogP contribution in [0.2, 0.25) is 0 Å². The van der Waals surface area contributed by atoms with Crippen molar-refractivity contribution in [2.45, 2.75) is 18.2 Å². The number of ether oxygens (including phenoxy) is 1. The first-order chi connectivity index (χ1) is 9.29. The van der Waals surface area contributed by atoms with Gasteiger partial charge in [-0.15, -0.1) is 11.8 Å². The molecule has 1 atom stereocenters. The monoisotopic (exact) mass is 279 g/mol. The molecule has 3 nitrogen and oxygen atoms in total. The lowest BCUT2D eigenvalue weighted by molar-refractivity contribution is -0.135. The van der Waals surface area contributed by atoms with Crippen LogP contribution in [-0.2, 0) is 9.53 Å². The number of nitrogens with zero attached hydrogens (tertiary/aromatic N) is 1. The molecule has 1 aromatic carbocycles. The van der Waals surface area contributed by atoms with E-state index in [0.717, 1.165) is 25.3 Å². The molecule has 104 valence electrons. The topological polar surface area (TPSA) is 29.5 Å². The fourth-order valence-electron chi connectivity index (χ4n) is 2.21. The number of amides is 1. The van der Waals surface area contributed by atoms with Gasteiger partial charge in [0.05, 0.1) is 0 Å². The highest BCUT2D eigenvalue weighted by atomic mass is 32.2. The van der Waals surface area contributed by atoms with E-state index in [4.69, 9.17) is 4.74 Å². The average molecular weight is 279 g/mol. The molecule has 0 unspecified atom stereocenters. The Morgan fingerprint density at radius 3 is 2.95 bits per heavy atom. The summed E-state index contributed by atoms with van der Waals surface area (Å²) in [4.78, 5) is 15.1. The Morgan fingerprint density at radius 1 is 1.42 bits per heavy atom. The first-order valence-electron chi connectivity index (χ1n) is 6.83. The van der Waals surface area contributed by atoms with Crippen LogP contribution in [0.4, 0.5) is 0 Å². The Morgan fingerprint density at radius 2 is 2.21 bits per heavy atom. The zero-order valence-electron chi connectivity index (χ0n) is 11.4. The van der Waals surface area contributed by atoms with Crippen molar-refractivity contribution >= 4 is 17.7 Å². The molecule has 1 aromatic rings. The largest absolute Gasteiger partial charge is 0.372 e. The van der Waals surface area contributed by atoms with E-state index >= 15 is 0 Å². The summed E-state index contributed by atoms with van der Waals surface area (Å²) in [5.74, 6) is 1.83. The fourth-order valence-corrected chi connectivity index (χ4v) is 3.26. The van der Waals surface area contributed by atoms with Gasteiger partial charge in [0, 0.05) is 30.3 Å². The molecule has 0 radical (unpaired) electrons. The smallest absolute Gasteiger partial charge is 0.248 e. The van der Waals surface area contributed by atoms with Crippen LogP contribution >= 0.6 is 11.8 Å². The van der Waals surface area contributed by atoms with E-state index in [1.54, 1.807) is 0 Å². The normalized spacial score (nSPS) is 18.8. The molecule has 1 heterocycles. The molecular formula is C15H21NO2S. The maximum atomic E-state index is 11.8. The molecule has 1 saturated heterocycles. The third-order valence-electron chi connectivity index (χ3n) is 3.30. The zero-order chi connectivity index (χ0) is 13.5. The molecule has 4 heteroatoms. The van der Waals surface area contributed by atoms with Gasteiger partial charge in [0.15, 0.2) is 0 Å². The molecule has 1 fully saturated rings. The molecule has 19 heavy (non-hydrogen) atoms. The molecule has 0 spiro atoms. The maximum absolute atomic E-state index is 11.8. The summed E-state index contributed by atoms with van der Waals surface area (Å²) in [6.45, 7) is 4.51. The Labute approximate surface area is 119 Å². The first-order valence-corrected chi connectivity index (χ1v) is 7.81. The molecule has 1 aliphatic rings. The Bertz CT molecular complexity index is 396. The number of hydrogen-bond acceptors (Lipinski definition) is 3. The average Bonchev–Trinajstić information content (AvgIpc) is 2.92. The Kier molecular flexibility index (Phi) is 5.73. The van der Waals surface area contributed by atoms with Gasteiger partial charge in [0.2, 0.25) is 5.91 Å². The van der Waals surface area contributed by atoms with Crippen molar-refractivity contribution in [3.05, 3.63) is 30.3 Å². The van der Waals surface area contributed by atoms with Gasteiger partial charge in [-0.05, 0) is 31.4 Å². The van der Waals surface area contributed by atoms with Gasteiger partial charge in [-0.3, -0.25) is 4.79 Å². The van der Waals surface area contributed by atoms with Crippen LogP contribution in [0.1, 0.15) is 13.3 Å². The van der Waals surface area contributed by atoms with Gasteiger partial charge in [-0.25, -0.2) is 0 Å². The van der Waals surface area contributed by atoms with Crippen molar-refractivity contribution in [3.63, 3.8) is 0 Å². The van der Waals surface area contributed by atoms with Crippen LogP contribution in [0.15, 0.2) is 35.2 Å². The van der Waals surface area contributed by atoms with E-state index < -0.39 is 0 Å². The lowest BCUT2D eigenvalue weighted by Gasteiger charge is -2.16. The zero-order valence-corrected chi connectivity index (χ0v) is 12.2. The second kappa shape index (κ2) is 7.56. The van der Waals surface area contributed by atoms with Crippen molar-refractivity contribution in [1.29, 1.82) is 0 Å². The number of likely N-dealkylation sites (tertiary alicyclic amines) is 1. The third-order valence-corrected chi connectivity index (χ3v) is 4.54. The predicted octanol–water partition coefficient (Wildman–Crippen LogP) is 2.66. The van der Waals surface area contributed by atoms with E-state index in [9.17, 15) is 4.79 Å². The van der Waals surface area contributed by atoms with Crippen molar-refractivity contribution in [2.24, 2.45) is 5.92 Å². The Balaban J connectivity index is 1.71. The van der Waals surface area contributed by atoms with E-state index in [1.165, 1.54) is 4.90 Å². The van der Waals surface area contributed by atoms with E-state index in [2.05, 4.69) is 24.3 Å². The van der Waals surface area contributed by atoms with Gasteiger partial charge in [-0.2, -0.15) is 0 Å². The molecule has 1 amide bonds. The van der Waals surface area contributed by atoms with Gasteiger partial charge in [0.25, 0.3) is 0 Å². The third kappa shape index (κ3) is 4.55. The van der Waals surface area contributed by atoms with E-state index in [1.807, 2.05) is 29.7 Å². The lowest BCUT2D eigenvalue weighted by atomic mass is 10.2. The van der Waals surface area contributed by atoms with Crippen LogP contribution in [0.3, 0.4) is 0 Å². The van der Waals surface area contributed by atoms with Gasteiger partial charge < -0.3 is 9.64 Å². The number of hydrogen-bond donors (Lipinski definition) is 0. The molecule has 1 aliphatic heterocycles. The van der Waals surface area contributed by atoms with Crippen molar-refractivity contribution in [2.75, 3.05) is 32.1 Å². The van der Waals surface area contributed by atoms with Crippen LogP contribution < -0.4 is 0 Å². The summed E-state index contributed by atoms with van der Waals surface area (Å²) >= 11 is 1.88. The summed E-state index contributed by atoms with van der Waals surface area (Å²) in [7, 11) is 0. The standard InChI is InChI=1S/C15H21NO2S/c1-2-18-11-15(17)16-9-8-13(10-16)12-19-14-6-4-3-5-7-14/h3-7,13H,2,8-12H2,1H3/t13-/m1/s1. The summed E-state index contributed by atoms with van der Waals surface area (Å²) in [5.41, 5.74) is 0. The van der Waals surface area contributed by atoms with E-state index in [0.29, 0.717) is 12.5 Å².